The minimum atomic E-state index is -0.404. The van der Waals surface area contributed by atoms with E-state index in [0.717, 1.165) is 28.9 Å². The number of carbonyl (C=O) groups is 2. The van der Waals surface area contributed by atoms with Gasteiger partial charge in [-0.15, -0.1) is 0 Å². The minimum Gasteiger partial charge on any atom is -0.369 e. The van der Waals surface area contributed by atoms with Gasteiger partial charge in [-0.1, -0.05) is 35.5 Å². The molecule has 144 valence electrons. The van der Waals surface area contributed by atoms with Crippen molar-refractivity contribution >= 4 is 35.2 Å². The first-order valence-electron chi connectivity index (χ1n) is 8.61. The molecule has 0 radical (unpaired) electrons. The second-order valence-electron chi connectivity index (χ2n) is 6.14. The van der Waals surface area contributed by atoms with E-state index in [2.05, 4.69) is 15.3 Å². The van der Waals surface area contributed by atoms with Crippen LogP contribution in [0.5, 0.6) is 0 Å². The summed E-state index contributed by atoms with van der Waals surface area (Å²) < 4.78 is 0. The molecule has 0 atom stereocenters. The largest absolute Gasteiger partial charge is 0.369 e. The van der Waals surface area contributed by atoms with Gasteiger partial charge in [-0.3, -0.25) is 9.59 Å². The van der Waals surface area contributed by atoms with Gasteiger partial charge >= 0.3 is 0 Å². The van der Waals surface area contributed by atoms with Crippen molar-refractivity contribution in [3.05, 3.63) is 51.8 Å². The summed E-state index contributed by atoms with van der Waals surface area (Å²) in [5.41, 5.74) is 8.88. The molecule has 3 N–H and O–H groups in total. The third-order valence-electron chi connectivity index (χ3n) is 3.99. The fraction of sp³-hybridized carbons (Fsp3) is 0.368. The number of aryl methyl sites for hydroxylation is 2. The van der Waals surface area contributed by atoms with Crippen molar-refractivity contribution < 1.29 is 9.59 Å². The summed E-state index contributed by atoms with van der Waals surface area (Å²) in [6.07, 6.45) is 1.71. The Balaban J connectivity index is 1.81. The lowest BCUT2D eigenvalue weighted by Gasteiger charge is -2.11. The first kappa shape index (κ1) is 21.2. The van der Waals surface area contributed by atoms with Crippen LogP contribution in [0.15, 0.2) is 29.4 Å². The van der Waals surface area contributed by atoms with Crippen LogP contribution in [0.1, 0.15) is 28.9 Å². The Hall–Kier alpha value is -2.12. The number of nitrogens with one attached hydrogen (secondary N) is 1. The molecule has 1 aromatic carbocycles. The predicted octanol–water partition coefficient (Wildman–Crippen LogP) is 2.62. The smallest absolute Gasteiger partial charge is 0.227 e. The number of thioether (sulfide) groups is 1. The number of amides is 2. The quantitative estimate of drug-likeness (QED) is 0.492. The molecule has 1 aromatic heterocycles. The molecule has 0 aliphatic heterocycles. The molecule has 0 fully saturated rings. The zero-order chi connectivity index (χ0) is 19.8. The van der Waals surface area contributed by atoms with Gasteiger partial charge in [0.15, 0.2) is 5.16 Å². The number of rotatable bonds is 9. The molecule has 8 heteroatoms. The Labute approximate surface area is 168 Å². The molecule has 0 spiro atoms. The maximum absolute atomic E-state index is 12.1. The van der Waals surface area contributed by atoms with Gasteiger partial charge < -0.3 is 11.1 Å². The lowest BCUT2D eigenvalue weighted by atomic mass is 10.1. The van der Waals surface area contributed by atoms with Crippen molar-refractivity contribution in [3.63, 3.8) is 0 Å². The van der Waals surface area contributed by atoms with Crippen LogP contribution < -0.4 is 11.1 Å². The topological polar surface area (TPSA) is 98.0 Å². The first-order chi connectivity index (χ1) is 12.8. The summed E-state index contributed by atoms with van der Waals surface area (Å²) in [6.45, 7) is 4.35. The number of carbonyl (C=O) groups excluding carboxylic acids is 2. The average molecular weight is 407 g/mol. The highest BCUT2D eigenvalue weighted by Gasteiger charge is 2.11. The minimum absolute atomic E-state index is 0.00468. The van der Waals surface area contributed by atoms with E-state index >= 15 is 0 Å². The standard InChI is InChI=1S/C19H23ClN4O2S/c1-12-16(13(2)24-19(23-12)27-11-17(21)25)7-8-18(26)22-10-9-14-3-5-15(20)6-4-14/h3-6H,7-11H2,1-2H3,(H2,21,25)(H,22,26). The maximum atomic E-state index is 12.1. The van der Waals surface area contributed by atoms with Crippen molar-refractivity contribution in [2.45, 2.75) is 38.3 Å². The van der Waals surface area contributed by atoms with E-state index in [4.69, 9.17) is 17.3 Å². The Morgan fingerprint density at radius 3 is 2.33 bits per heavy atom. The first-order valence-corrected chi connectivity index (χ1v) is 9.98. The lowest BCUT2D eigenvalue weighted by Crippen LogP contribution is -2.26. The summed E-state index contributed by atoms with van der Waals surface area (Å²) in [5, 5.41) is 4.16. The number of primary amides is 1. The average Bonchev–Trinajstić information content (AvgIpc) is 2.61. The Bertz CT molecular complexity index is 789. The van der Waals surface area contributed by atoms with Gasteiger partial charge in [0.05, 0.1) is 5.75 Å². The SMILES string of the molecule is Cc1nc(SCC(N)=O)nc(C)c1CCC(=O)NCCc1ccc(Cl)cc1. The zero-order valence-electron chi connectivity index (χ0n) is 15.4. The molecular weight excluding hydrogens is 384 g/mol. The molecule has 6 nitrogen and oxygen atoms in total. The number of nitrogens with zero attached hydrogens (tertiary/aromatic N) is 2. The van der Waals surface area contributed by atoms with Crippen LogP contribution in [-0.4, -0.2) is 34.1 Å². The van der Waals surface area contributed by atoms with Gasteiger partial charge in [0.1, 0.15) is 0 Å². The van der Waals surface area contributed by atoms with Crippen LogP contribution in [0.2, 0.25) is 5.02 Å². The van der Waals surface area contributed by atoms with Crippen molar-refractivity contribution in [1.29, 1.82) is 0 Å². The molecular formula is C19H23ClN4O2S. The van der Waals surface area contributed by atoms with Crippen molar-refractivity contribution in [2.75, 3.05) is 12.3 Å². The summed E-state index contributed by atoms with van der Waals surface area (Å²) in [5.74, 6) is -0.262. The molecule has 0 saturated carbocycles. The van der Waals surface area contributed by atoms with E-state index in [1.54, 1.807) is 0 Å². The van der Waals surface area contributed by atoms with Gasteiger partial charge in [-0.2, -0.15) is 0 Å². The van der Waals surface area contributed by atoms with Crippen LogP contribution in [0.4, 0.5) is 0 Å². The van der Waals surface area contributed by atoms with E-state index in [1.807, 2.05) is 38.1 Å². The molecule has 0 aliphatic carbocycles. The summed E-state index contributed by atoms with van der Waals surface area (Å²) in [4.78, 5) is 31.8. The molecule has 2 amide bonds. The monoisotopic (exact) mass is 406 g/mol. The van der Waals surface area contributed by atoms with Gasteiger partial charge in [0, 0.05) is 29.4 Å². The summed E-state index contributed by atoms with van der Waals surface area (Å²) in [7, 11) is 0. The lowest BCUT2D eigenvalue weighted by molar-refractivity contribution is -0.121. The molecule has 0 aliphatic rings. The molecule has 2 rings (SSSR count). The Morgan fingerprint density at radius 2 is 1.74 bits per heavy atom. The number of halogens is 1. The molecule has 1 heterocycles. The highest BCUT2D eigenvalue weighted by atomic mass is 35.5. The van der Waals surface area contributed by atoms with Gasteiger partial charge in [0.25, 0.3) is 0 Å². The molecule has 0 bridgehead atoms. The van der Waals surface area contributed by atoms with Crippen LogP contribution in [-0.2, 0) is 22.4 Å². The number of benzene rings is 1. The van der Waals surface area contributed by atoms with Crippen LogP contribution in [0, 0.1) is 13.8 Å². The van der Waals surface area contributed by atoms with Crippen molar-refractivity contribution in [2.24, 2.45) is 5.73 Å². The van der Waals surface area contributed by atoms with E-state index in [-0.39, 0.29) is 11.7 Å². The summed E-state index contributed by atoms with van der Waals surface area (Å²) >= 11 is 7.08. The highest BCUT2D eigenvalue weighted by Crippen LogP contribution is 2.18. The molecule has 27 heavy (non-hydrogen) atoms. The van der Waals surface area contributed by atoms with E-state index in [1.165, 1.54) is 11.8 Å². The van der Waals surface area contributed by atoms with Crippen LogP contribution >= 0.6 is 23.4 Å². The van der Waals surface area contributed by atoms with E-state index in [0.29, 0.717) is 29.6 Å². The number of aromatic nitrogens is 2. The number of hydrogen-bond acceptors (Lipinski definition) is 5. The summed E-state index contributed by atoms with van der Waals surface area (Å²) in [6, 6.07) is 7.60. The third kappa shape index (κ3) is 7.19. The molecule has 2 aromatic rings. The van der Waals surface area contributed by atoms with E-state index in [9.17, 15) is 9.59 Å². The van der Waals surface area contributed by atoms with Gasteiger partial charge in [0.2, 0.25) is 11.8 Å². The Kier molecular flexibility index (Phi) is 8.06. The fourth-order valence-corrected chi connectivity index (χ4v) is 3.40. The van der Waals surface area contributed by atoms with E-state index < -0.39 is 5.91 Å². The third-order valence-corrected chi connectivity index (χ3v) is 5.12. The predicted molar refractivity (Wildman–Crippen MR) is 108 cm³/mol. The zero-order valence-corrected chi connectivity index (χ0v) is 17.0. The van der Waals surface area contributed by atoms with Crippen molar-refractivity contribution in [1.82, 2.24) is 15.3 Å². The molecule has 0 unspecified atom stereocenters. The van der Waals surface area contributed by atoms with Gasteiger partial charge in [-0.25, -0.2) is 9.97 Å². The second kappa shape index (κ2) is 10.3. The van der Waals surface area contributed by atoms with Gasteiger partial charge in [-0.05, 0) is 49.9 Å². The van der Waals surface area contributed by atoms with Crippen LogP contribution in [0.3, 0.4) is 0 Å². The molecule has 0 saturated heterocycles. The highest BCUT2D eigenvalue weighted by molar-refractivity contribution is 7.99. The number of nitrogens with two attached hydrogens (primary N) is 1. The fourth-order valence-electron chi connectivity index (χ4n) is 2.59. The second-order valence-corrected chi connectivity index (χ2v) is 7.52. The number of hydrogen-bond donors (Lipinski definition) is 2. The normalized spacial score (nSPS) is 10.6. The maximum Gasteiger partial charge on any atom is 0.227 e. The van der Waals surface area contributed by atoms with Crippen molar-refractivity contribution in [3.8, 4) is 0 Å². The van der Waals surface area contributed by atoms with Crippen LogP contribution in [0.25, 0.3) is 0 Å². The Morgan fingerprint density at radius 1 is 1.11 bits per heavy atom.